The molecule has 0 unspecified atom stereocenters. The van der Waals surface area contributed by atoms with Crippen molar-refractivity contribution in [1.82, 2.24) is 5.32 Å². The first-order chi connectivity index (χ1) is 17.9. The van der Waals surface area contributed by atoms with Gasteiger partial charge in [-0.1, -0.05) is 30.3 Å². The minimum Gasteiger partial charge on any atom is -0.496 e. The van der Waals surface area contributed by atoms with Gasteiger partial charge in [-0.25, -0.2) is 0 Å². The summed E-state index contributed by atoms with van der Waals surface area (Å²) < 4.78 is 10.9. The molecule has 3 amide bonds. The lowest BCUT2D eigenvalue weighted by Gasteiger charge is -2.17. The number of rotatable bonds is 9. The summed E-state index contributed by atoms with van der Waals surface area (Å²) in [7, 11) is 1.59. The maximum Gasteiger partial charge on any atom is 0.262 e. The number of aryl methyl sites for hydroxylation is 1. The molecule has 8 nitrogen and oxygen atoms in total. The van der Waals surface area contributed by atoms with E-state index in [0.717, 1.165) is 22.4 Å². The summed E-state index contributed by atoms with van der Waals surface area (Å²) in [4.78, 5) is 39.3. The van der Waals surface area contributed by atoms with Crippen LogP contribution in [0.4, 0.5) is 11.4 Å². The monoisotopic (exact) mass is 501 g/mol. The number of nitrogens with one attached hydrogen (secondary N) is 2. The Morgan fingerprint density at radius 2 is 1.76 bits per heavy atom. The van der Waals surface area contributed by atoms with Crippen molar-refractivity contribution in [3.05, 3.63) is 83.4 Å². The van der Waals surface area contributed by atoms with E-state index in [1.165, 1.54) is 0 Å². The average Bonchev–Trinajstić information content (AvgIpc) is 3.30. The van der Waals surface area contributed by atoms with Crippen molar-refractivity contribution in [1.29, 1.82) is 0 Å². The number of ether oxygens (including phenoxy) is 2. The molecule has 1 heterocycles. The number of benzene rings is 3. The third-order valence-electron chi connectivity index (χ3n) is 6.54. The van der Waals surface area contributed by atoms with Crippen molar-refractivity contribution >= 4 is 29.1 Å². The number of nitrogens with zero attached hydrogens (tertiary/aromatic N) is 1. The van der Waals surface area contributed by atoms with Gasteiger partial charge in [0.1, 0.15) is 11.5 Å². The molecular formula is C29H31N3O5. The Kier molecular flexibility index (Phi) is 8.08. The molecule has 2 N–H and O–H groups in total. The largest absolute Gasteiger partial charge is 0.496 e. The van der Waals surface area contributed by atoms with Crippen molar-refractivity contribution < 1.29 is 23.9 Å². The Balaban J connectivity index is 1.28. The summed E-state index contributed by atoms with van der Waals surface area (Å²) in [5.41, 5.74) is 4.43. The Labute approximate surface area is 216 Å². The van der Waals surface area contributed by atoms with Gasteiger partial charge in [0.25, 0.3) is 5.91 Å². The van der Waals surface area contributed by atoms with E-state index >= 15 is 0 Å². The molecule has 37 heavy (non-hydrogen) atoms. The molecule has 0 saturated carbocycles. The van der Waals surface area contributed by atoms with Crippen LogP contribution in [0.5, 0.6) is 11.5 Å². The van der Waals surface area contributed by atoms with Crippen molar-refractivity contribution in [2.24, 2.45) is 5.92 Å². The highest BCUT2D eigenvalue weighted by atomic mass is 16.5. The zero-order valence-electron chi connectivity index (χ0n) is 21.2. The summed E-state index contributed by atoms with van der Waals surface area (Å²) in [6, 6.07) is 20.2. The minimum atomic E-state index is -0.438. The molecule has 0 bridgehead atoms. The van der Waals surface area contributed by atoms with E-state index < -0.39 is 5.92 Å². The third-order valence-corrected chi connectivity index (χ3v) is 6.54. The van der Waals surface area contributed by atoms with E-state index in [2.05, 4.69) is 10.6 Å². The standard InChI is InChI=1S/C29H31N3O5/c1-19-7-6-9-25(20(19)2)31-27(33)18-37-24-13-11-23(12-14-24)32-17-22(15-28(32)34)29(35)30-16-21-8-4-5-10-26(21)36-3/h4-14,22H,15-18H2,1-3H3,(H,30,35)(H,31,33)/t22-/m1/s1. The smallest absolute Gasteiger partial charge is 0.262 e. The lowest BCUT2D eigenvalue weighted by molar-refractivity contribution is -0.126. The predicted molar refractivity (Wildman–Crippen MR) is 142 cm³/mol. The van der Waals surface area contributed by atoms with E-state index in [1.54, 1.807) is 36.3 Å². The Hall–Kier alpha value is -4.33. The molecule has 0 spiro atoms. The molecule has 1 atom stereocenters. The van der Waals surface area contributed by atoms with Gasteiger partial charge in [0, 0.05) is 36.4 Å². The number of carbonyl (C=O) groups is 3. The van der Waals surface area contributed by atoms with Crippen LogP contribution in [0, 0.1) is 19.8 Å². The molecule has 1 saturated heterocycles. The summed E-state index contributed by atoms with van der Waals surface area (Å²) in [5.74, 6) is 0.242. The highest BCUT2D eigenvalue weighted by Crippen LogP contribution is 2.27. The number of hydrogen-bond acceptors (Lipinski definition) is 5. The molecule has 0 radical (unpaired) electrons. The molecule has 1 aliphatic heterocycles. The highest BCUT2D eigenvalue weighted by Gasteiger charge is 2.35. The number of hydrogen-bond donors (Lipinski definition) is 2. The summed E-state index contributed by atoms with van der Waals surface area (Å²) in [6.07, 6.45) is 0.147. The van der Waals surface area contributed by atoms with Crippen LogP contribution in [0.2, 0.25) is 0 Å². The first-order valence-electron chi connectivity index (χ1n) is 12.1. The van der Waals surface area contributed by atoms with Crippen LogP contribution in [-0.4, -0.2) is 38.0 Å². The SMILES string of the molecule is COc1ccccc1CNC(=O)[C@@H]1CC(=O)N(c2ccc(OCC(=O)Nc3cccc(C)c3C)cc2)C1. The number of carbonyl (C=O) groups excluding carboxylic acids is 3. The van der Waals surface area contributed by atoms with Crippen LogP contribution in [0.1, 0.15) is 23.1 Å². The molecular weight excluding hydrogens is 470 g/mol. The molecule has 192 valence electrons. The van der Waals surface area contributed by atoms with Crippen LogP contribution in [0.15, 0.2) is 66.7 Å². The van der Waals surface area contributed by atoms with Gasteiger partial charge in [0.15, 0.2) is 6.61 Å². The van der Waals surface area contributed by atoms with Crippen molar-refractivity contribution in [2.45, 2.75) is 26.8 Å². The summed E-state index contributed by atoms with van der Waals surface area (Å²) >= 11 is 0. The quantitative estimate of drug-likeness (QED) is 0.462. The first-order valence-corrected chi connectivity index (χ1v) is 12.1. The fourth-order valence-electron chi connectivity index (χ4n) is 4.25. The van der Waals surface area contributed by atoms with E-state index in [9.17, 15) is 14.4 Å². The second-order valence-electron chi connectivity index (χ2n) is 9.01. The third kappa shape index (κ3) is 6.27. The van der Waals surface area contributed by atoms with Crippen molar-refractivity contribution in [3.8, 4) is 11.5 Å². The van der Waals surface area contributed by atoms with E-state index in [-0.39, 0.29) is 30.7 Å². The molecule has 0 aromatic heterocycles. The highest BCUT2D eigenvalue weighted by molar-refractivity contribution is 6.00. The molecule has 0 aliphatic carbocycles. The normalized spacial score (nSPS) is 14.8. The lowest BCUT2D eigenvalue weighted by Crippen LogP contribution is -2.32. The van der Waals surface area contributed by atoms with E-state index in [1.807, 2.05) is 56.3 Å². The van der Waals surface area contributed by atoms with Gasteiger partial charge >= 0.3 is 0 Å². The van der Waals surface area contributed by atoms with Crippen LogP contribution < -0.4 is 25.0 Å². The molecule has 8 heteroatoms. The zero-order chi connectivity index (χ0) is 26.4. The van der Waals surface area contributed by atoms with Crippen molar-refractivity contribution in [2.75, 3.05) is 30.5 Å². The lowest BCUT2D eigenvalue weighted by atomic mass is 10.1. The number of methoxy groups -OCH3 is 1. The summed E-state index contributed by atoms with van der Waals surface area (Å²) in [6.45, 7) is 4.44. The topological polar surface area (TPSA) is 97.0 Å². The van der Waals surface area contributed by atoms with Crippen LogP contribution in [0.25, 0.3) is 0 Å². The Morgan fingerprint density at radius 1 is 1.00 bits per heavy atom. The second-order valence-corrected chi connectivity index (χ2v) is 9.01. The maximum atomic E-state index is 12.7. The molecule has 4 rings (SSSR count). The zero-order valence-corrected chi connectivity index (χ0v) is 21.2. The van der Waals surface area contributed by atoms with Gasteiger partial charge in [0.05, 0.1) is 13.0 Å². The van der Waals surface area contributed by atoms with Gasteiger partial charge in [-0.3, -0.25) is 14.4 Å². The molecule has 1 fully saturated rings. The predicted octanol–water partition coefficient (Wildman–Crippen LogP) is 4.00. The maximum absolute atomic E-state index is 12.7. The summed E-state index contributed by atoms with van der Waals surface area (Å²) in [5, 5.41) is 5.78. The van der Waals surface area contributed by atoms with Gasteiger partial charge in [0.2, 0.25) is 11.8 Å². The number of anilines is 2. The fourth-order valence-corrected chi connectivity index (χ4v) is 4.25. The second kappa shape index (κ2) is 11.6. The fraction of sp³-hybridized carbons (Fsp3) is 0.276. The first kappa shape index (κ1) is 25.8. The van der Waals surface area contributed by atoms with Crippen LogP contribution in [-0.2, 0) is 20.9 Å². The van der Waals surface area contributed by atoms with Crippen molar-refractivity contribution in [3.63, 3.8) is 0 Å². The average molecular weight is 502 g/mol. The molecule has 3 aromatic carbocycles. The van der Waals surface area contributed by atoms with Gasteiger partial charge in [-0.15, -0.1) is 0 Å². The number of amides is 3. The molecule has 1 aliphatic rings. The van der Waals surface area contributed by atoms with Gasteiger partial charge < -0.3 is 25.0 Å². The van der Waals surface area contributed by atoms with Gasteiger partial charge in [-0.05, 0) is 61.4 Å². The Morgan fingerprint density at radius 3 is 2.51 bits per heavy atom. The van der Waals surface area contributed by atoms with E-state index in [4.69, 9.17) is 9.47 Å². The van der Waals surface area contributed by atoms with E-state index in [0.29, 0.717) is 30.3 Å². The van der Waals surface area contributed by atoms with Crippen LogP contribution in [0.3, 0.4) is 0 Å². The number of para-hydroxylation sites is 1. The Bertz CT molecular complexity index is 1290. The minimum absolute atomic E-state index is 0.112. The van der Waals surface area contributed by atoms with Crippen LogP contribution >= 0.6 is 0 Å². The van der Waals surface area contributed by atoms with Gasteiger partial charge in [-0.2, -0.15) is 0 Å². The molecule has 3 aromatic rings.